The summed E-state index contributed by atoms with van der Waals surface area (Å²) in [6.45, 7) is 7.14. The summed E-state index contributed by atoms with van der Waals surface area (Å²) < 4.78 is 9.53. The largest absolute Gasteiger partial charge is 0.496 e. The summed E-state index contributed by atoms with van der Waals surface area (Å²) in [5.41, 5.74) is 3.81. The summed E-state index contributed by atoms with van der Waals surface area (Å²) in [5, 5.41) is 3.03. The van der Waals surface area contributed by atoms with E-state index in [0.29, 0.717) is 18.8 Å². The van der Waals surface area contributed by atoms with E-state index in [4.69, 9.17) is 4.74 Å². The lowest BCUT2D eigenvalue weighted by Crippen LogP contribution is -2.28. The van der Waals surface area contributed by atoms with E-state index in [1.165, 1.54) is 0 Å². The first-order valence-electron chi connectivity index (χ1n) is 8.32. The summed E-state index contributed by atoms with van der Waals surface area (Å²) in [4.78, 5) is 12.7. The normalized spacial score (nSPS) is 10.9. The van der Waals surface area contributed by atoms with Crippen molar-refractivity contribution >= 4 is 43.4 Å². The van der Waals surface area contributed by atoms with Gasteiger partial charge in [-0.1, -0.05) is 30.4 Å². The lowest BCUT2D eigenvalue weighted by molar-refractivity contribution is 0.0945. The summed E-state index contributed by atoms with van der Waals surface area (Å²) in [6, 6.07) is 11.9. The highest BCUT2D eigenvalue weighted by atomic mass is 79.9. The van der Waals surface area contributed by atoms with Crippen LogP contribution in [0.15, 0.2) is 52.3 Å². The number of thiophene rings is 1. The minimum Gasteiger partial charge on any atom is -0.496 e. The molecule has 2 heterocycles. The molecule has 0 atom stereocenters. The van der Waals surface area contributed by atoms with E-state index in [-0.39, 0.29) is 5.91 Å². The van der Waals surface area contributed by atoms with Crippen molar-refractivity contribution in [1.82, 2.24) is 9.88 Å². The highest BCUT2D eigenvalue weighted by molar-refractivity contribution is 9.11. The Kier molecular flexibility index (Phi) is 5.84. The molecule has 136 valence electrons. The monoisotopic (exact) mass is 432 g/mol. The van der Waals surface area contributed by atoms with Crippen molar-refractivity contribution in [2.24, 2.45) is 0 Å². The van der Waals surface area contributed by atoms with Gasteiger partial charge in [-0.3, -0.25) is 4.79 Å². The quantitative estimate of drug-likeness (QED) is 0.532. The van der Waals surface area contributed by atoms with E-state index < -0.39 is 0 Å². The summed E-state index contributed by atoms with van der Waals surface area (Å²) in [6.07, 6.45) is 0.719. The number of rotatable bonds is 7. The number of nitrogens with zero attached hydrogens (tertiary/aromatic N) is 1. The molecule has 0 aliphatic carbocycles. The zero-order valence-corrected chi connectivity index (χ0v) is 17.2. The maximum atomic E-state index is 12.7. The number of carbonyl (C=O) groups excluding carboxylic acids is 1. The molecule has 3 aromatic rings. The first-order valence-corrected chi connectivity index (χ1v) is 9.93. The van der Waals surface area contributed by atoms with Gasteiger partial charge >= 0.3 is 0 Å². The number of para-hydroxylation sites is 1. The zero-order valence-electron chi connectivity index (χ0n) is 14.8. The molecule has 1 N–H and O–H groups in total. The van der Waals surface area contributed by atoms with Crippen LogP contribution in [0.1, 0.15) is 23.0 Å². The second kappa shape index (κ2) is 8.10. The number of benzene rings is 1. The summed E-state index contributed by atoms with van der Waals surface area (Å²) in [5.74, 6) is 0.776. The van der Waals surface area contributed by atoms with Crippen LogP contribution in [-0.4, -0.2) is 24.1 Å². The van der Waals surface area contributed by atoms with Crippen molar-refractivity contribution in [3.63, 3.8) is 0 Å². The van der Waals surface area contributed by atoms with Crippen LogP contribution >= 0.6 is 27.3 Å². The van der Waals surface area contributed by atoms with Crippen LogP contribution in [0, 0.1) is 0 Å². The van der Waals surface area contributed by atoms with Crippen molar-refractivity contribution in [3.8, 4) is 5.75 Å². The Labute approximate surface area is 165 Å². The predicted octanol–water partition coefficient (Wildman–Crippen LogP) is 5.02. The third kappa shape index (κ3) is 4.02. The topological polar surface area (TPSA) is 43.3 Å². The van der Waals surface area contributed by atoms with Gasteiger partial charge in [0.1, 0.15) is 11.4 Å². The van der Waals surface area contributed by atoms with E-state index in [9.17, 15) is 4.79 Å². The fraction of sp³-hybridized carbons (Fsp3) is 0.250. The number of hydrogen-bond donors (Lipinski definition) is 1. The number of fused-ring (bicyclic) bond motifs is 1. The molecule has 0 aliphatic rings. The number of nitrogens with one attached hydrogen (secondary N) is 1. The van der Waals surface area contributed by atoms with Crippen LogP contribution in [0.2, 0.25) is 0 Å². The molecule has 1 aromatic carbocycles. The Bertz CT molecular complexity index is 958. The van der Waals surface area contributed by atoms with E-state index >= 15 is 0 Å². The highest BCUT2D eigenvalue weighted by Crippen LogP contribution is 2.32. The number of ether oxygens (including phenoxy) is 1. The van der Waals surface area contributed by atoms with Gasteiger partial charge in [-0.15, -0.1) is 11.3 Å². The Hall–Kier alpha value is -2.05. The smallest absolute Gasteiger partial charge is 0.267 e. The summed E-state index contributed by atoms with van der Waals surface area (Å²) in [7, 11) is 1.66. The molecular weight excluding hydrogens is 412 g/mol. The molecule has 0 spiro atoms. The van der Waals surface area contributed by atoms with E-state index in [2.05, 4.69) is 33.9 Å². The number of aromatic nitrogens is 1. The fourth-order valence-corrected chi connectivity index (χ4v) is 4.52. The van der Waals surface area contributed by atoms with Gasteiger partial charge < -0.3 is 14.6 Å². The number of amides is 1. The third-order valence-corrected chi connectivity index (χ3v) is 5.67. The van der Waals surface area contributed by atoms with Gasteiger partial charge in [0.15, 0.2) is 0 Å². The predicted molar refractivity (Wildman–Crippen MR) is 111 cm³/mol. The fourth-order valence-electron chi connectivity index (χ4n) is 2.95. The molecule has 3 rings (SSSR count). The molecule has 0 saturated carbocycles. The van der Waals surface area contributed by atoms with Crippen LogP contribution < -0.4 is 10.1 Å². The summed E-state index contributed by atoms with van der Waals surface area (Å²) >= 11 is 5.14. The lowest BCUT2D eigenvalue weighted by atomic mass is 10.1. The van der Waals surface area contributed by atoms with Gasteiger partial charge in [0.25, 0.3) is 5.91 Å². The Morgan fingerprint density at radius 3 is 2.85 bits per heavy atom. The Balaban J connectivity index is 1.75. The average Bonchev–Trinajstić information content (AvgIpc) is 3.12. The highest BCUT2D eigenvalue weighted by Gasteiger charge is 2.17. The molecule has 0 unspecified atom stereocenters. The molecule has 0 bridgehead atoms. The Morgan fingerprint density at radius 1 is 1.35 bits per heavy atom. The second-order valence-corrected chi connectivity index (χ2v) is 8.65. The van der Waals surface area contributed by atoms with Crippen molar-refractivity contribution in [2.75, 3.05) is 13.7 Å². The molecule has 0 aliphatic heterocycles. The van der Waals surface area contributed by atoms with Gasteiger partial charge in [0, 0.05) is 13.1 Å². The van der Waals surface area contributed by atoms with Crippen molar-refractivity contribution in [3.05, 3.63) is 63.6 Å². The number of allylic oxidation sites excluding steroid dienone is 1. The first kappa shape index (κ1) is 18.7. The molecule has 0 fully saturated rings. The minimum atomic E-state index is -0.0688. The van der Waals surface area contributed by atoms with Gasteiger partial charge in [-0.05, 0) is 53.0 Å². The second-order valence-electron chi connectivity index (χ2n) is 6.19. The first-order chi connectivity index (χ1) is 12.5. The van der Waals surface area contributed by atoms with Crippen molar-refractivity contribution in [1.29, 1.82) is 0 Å². The maximum Gasteiger partial charge on any atom is 0.267 e. The zero-order chi connectivity index (χ0) is 18.7. The van der Waals surface area contributed by atoms with Crippen LogP contribution in [0.3, 0.4) is 0 Å². The van der Waals surface area contributed by atoms with Gasteiger partial charge in [-0.25, -0.2) is 0 Å². The number of halogens is 1. The van der Waals surface area contributed by atoms with Crippen LogP contribution in [0.5, 0.6) is 5.75 Å². The van der Waals surface area contributed by atoms with E-state index in [1.807, 2.05) is 41.8 Å². The number of methoxy groups -OCH3 is 1. The van der Waals surface area contributed by atoms with Gasteiger partial charge in [-0.2, -0.15) is 0 Å². The lowest BCUT2D eigenvalue weighted by Gasteiger charge is -2.12. The molecule has 26 heavy (non-hydrogen) atoms. The number of carbonyl (C=O) groups is 1. The maximum absolute atomic E-state index is 12.7. The minimum absolute atomic E-state index is 0.0688. The molecule has 4 nitrogen and oxygen atoms in total. The van der Waals surface area contributed by atoms with E-state index in [1.54, 1.807) is 18.4 Å². The standard InChI is InChI=1S/C20H21BrN2O2S/c1-13(2)12-23-15-11-19(21)26-18(15)10-16(23)20(24)22-9-8-14-6-4-5-7-17(14)25-3/h4-7,10-11H,1,8-9,12H2,2-3H3,(H,22,24). The van der Waals surface area contributed by atoms with Crippen LogP contribution in [0.4, 0.5) is 0 Å². The van der Waals surface area contributed by atoms with E-state index in [0.717, 1.165) is 37.3 Å². The molecule has 0 radical (unpaired) electrons. The molecular formula is C20H21BrN2O2S. The van der Waals surface area contributed by atoms with Crippen molar-refractivity contribution < 1.29 is 9.53 Å². The van der Waals surface area contributed by atoms with Crippen molar-refractivity contribution in [2.45, 2.75) is 19.9 Å². The molecule has 0 saturated heterocycles. The molecule has 6 heteroatoms. The molecule has 1 amide bonds. The van der Waals surface area contributed by atoms with Gasteiger partial charge in [0.2, 0.25) is 0 Å². The van der Waals surface area contributed by atoms with Crippen LogP contribution in [-0.2, 0) is 13.0 Å². The Morgan fingerprint density at radius 2 is 2.12 bits per heavy atom. The SMILES string of the molecule is C=C(C)Cn1c(C(=O)NCCc2ccccc2OC)cc2sc(Br)cc21. The van der Waals surface area contributed by atoms with Gasteiger partial charge in [0.05, 0.1) is 21.1 Å². The number of hydrogen-bond acceptors (Lipinski definition) is 3. The average molecular weight is 433 g/mol. The van der Waals surface area contributed by atoms with Crippen LogP contribution in [0.25, 0.3) is 10.2 Å². The third-order valence-electron chi connectivity index (χ3n) is 4.09. The molecule has 2 aromatic heterocycles.